The molecular formula is C11H20N4O3S. The van der Waals surface area contributed by atoms with Crippen molar-refractivity contribution in [3.63, 3.8) is 0 Å². The minimum atomic E-state index is -3.65. The van der Waals surface area contributed by atoms with Gasteiger partial charge in [0.05, 0.1) is 5.60 Å². The normalized spacial score (nSPS) is 24.3. The molecule has 1 atom stereocenters. The third-order valence-corrected chi connectivity index (χ3v) is 5.17. The lowest BCUT2D eigenvalue weighted by Crippen LogP contribution is -2.45. The number of sulfonamides is 1. The van der Waals surface area contributed by atoms with Crippen molar-refractivity contribution in [2.24, 2.45) is 7.05 Å². The summed E-state index contributed by atoms with van der Waals surface area (Å²) in [6.07, 6.45) is 2.03. The summed E-state index contributed by atoms with van der Waals surface area (Å²) in [6.45, 7) is 2.92. The second kappa shape index (κ2) is 4.86. The van der Waals surface area contributed by atoms with Crippen molar-refractivity contribution in [1.82, 2.24) is 19.2 Å². The van der Waals surface area contributed by atoms with Crippen LogP contribution in [0.1, 0.15) is 12.2 Å². The number of aliphatic hydroxyl groups is 1. The molecule has 0 aromatic carbocycles. The van der Waals surface area contributed by atoms with Crippen LogP contribution in [0.2, 0.25) is 0 Å². The molecule has 1 aliphatic rings. The van der Waals surface area contributed by atoms with Crippen LogP contribution in [0, 0.1) is 6.92 Å². The molecule has 1 unspecified atom stereocenters. The maximum Gasteiger partial charge on any atom is 0.261 e. The fraction of sp³-hybridized carbons (Fsp3) is 0.727. The van der Waals surface area contributed by atoms with Gasteiger partial charge in [0.25, 0.3) is 10.0 Å². The van der Waals surface area contributed by atoms with E-state index in [-0.39, 0.29) is 11.6 Å². The van der Waals surface area contributed by atoms with Crippen LogP contribution in [0.15, 0.2) is 11.2 Å². The highest BCUT2D eigenvalue weighted by molar-refractivity contribution is 7.89. The molecule has 8 heteroatoms. The molecule has 0 aliphatic carbocycles. The first-order chi connectivity index (χ1) is 8.74. The van der Waals surface area contributed by atoms with Crippen LogP contribution in [0.3, 0.4) is 0 Å². The molecule has 0 amide bonds. The van der Waals surface area contributed by atoms with Gasteiger partial charge in [-0.1, -0.05) is 0 Å². The van der Waals surface area contributed by atoms with Gasteiger partial charge >= 0.3 is 0 Å². The van der Waals surface area contributed by atoms with Crippen molar-refractivity contribution in [2.45, 2.75) is 24.0 Å². The van der Waals surface area contributed by atoms with E-state index < -0.39 is 15.6 Å². The Morgan fingerprint density at radius 3 is 2.79 bits per heavy atom. The summed E-state index contributed by atoms with van der Waals surface area (Å²) >= 11 is 0. The first-order valence-electron chi connectivity index (χ1n) is 6.14. The van der Waals surface area contributed by atoms with E-state index in [0.29, 0.717) is 25.3 Å². The van der Waals surface area contributed by atoms with Gasteiger partial charge in [-0.15, -0.1) is 0 Å². The molecule has 2 N–H and O–H groups in total. The fourth-order valence-electron chi connectivity index (χ4n) is 2.18. The molecule has 0 bridgehead atoms. The van der Waals surface area contributed by atoms with Gasteiger partial charge in [0, 0.05) is 33.4 Å². The van der Waals surface area contributed by atoms with Crippen LogP contribution in [-0.4, -0.2) is 59.7 Å². The molecule has 1 aromatic heterocycles. The number of hydrogen-bond donors (Lipinski definition) is 2. The van der Waals surface area contributed by atoms with Crippen LogP contribution in [-0.2, 0) is 17.1 Å². The Hall–Kier alpha value is -0.960. The topological polar surface area (TPSA) is 87.5 Å². The van der Waals surface area contributed by atoms with E-state index >= 15 is 0 Å². The number of aryl methyl sites for hydroxylation is 2. The molecule has 19 heavy (non-hydrogen) atoms. The summed E-state index contributed by atoms with van der Waals surface area (Å²) in [4.78, 5) is 4.04. The maximum atomic E-state index is 12.3. The van der Waals surface area contributed by atoms with Gasteiger partial charge in [-0.3, -0.25) is 0 Å². The van der Waals surface area contributed by atoms with Crippen molar-refractivity contribution in [1.29, 1.82) is 0 Å². The standard InChI is InChI=1S/C11H20N4O3S/c1-9-13-10(6-14(9)2)19(17,18)15(3)8-11(16)4-5-12-7-11/h6,12,16H,4-5,7-8H2,1-3H3. The van der Waals surface area contributed by atoms with Crippen LogP contribution in [0.5, 0.6) is 0 Å². The number of nitrogens with zero attached hydrogens (tertiary/aromatic N) is 3. The molecule has 0 saturated carbocycles. The summed E-state index contributed by atoms with van der Waals surface area (Å²) in [6, 6.07) is 0. The number of imidazole rings is 1. The Balaban J connectivity index is 2.19. The number of β-amino-alcohol motifs (C(OH)–C–C–N with tert-alkyl or cyclic N) is 1. The van der Waals surface area contributed by atoms with E-state index in [4.69, 9.17) is 0 Å². The van der Waals surface area contributed by atoms with Crippen molar-refractivity contribution in [3.05, 3.63) is 12.0 Å². The molecule has 7 nitrogen and oxygen atoms in total. The minimum absolute atomic E-state index is 0.0181. The molecule has 1 aliphatic heterocycles. The molecule has 0 spiro atoms. The van der Waals surface area contributed by atoms with Gasteiger partial charge in [-0.05, 0) is 19.9 Å². The lowest BCUT2D eigenvalue weighted by molar-refractivity contribution is 0.0462. The van der Waals surface area contributed by atoms with Crippen LogP contribution >= 0.6 is 0 Å². The highest BCUT2D eigenvalue weighted by Crippen LogP contribution is 2.20. The number of likely N-dealkylation sites (N-methyl/N-ethyl adjacent to an activating group) is 1. The lowest BCUT2D eigenvalue weighted by Gasteiger charge is -2.26. The van der Waals surface area contributed by atoms with E-state index in [0.717, 1.165) is 0 Å². The van der Waals surface area contributed by atoms with Gasteiger partial charge < -0.3 is 15.0 Å². The average Bonchev–Trinajstić information content (AvgIpc) is 2.87. The fourth-order valence-corrected chi connectivity index (χ4v) is 3.44. The van der Waals surface area contributed by atoms with Crippen LogP contribution in [0.4, 0.5) is 0 Å². The molecule has 1 fully saturated rings. The third-order valence-electron chi connectivity index (χ3n) is 3.50. The van der Waals surface area contributed by atoms with E-state index in [1.54, 1.807) is 18.5 Å². The van der Waals surface area contributed by atoms with Crippen molar-refractivity contribution in [3.8, 4) is 0 Å². The van der Waals surface area contributed by atoms with Crippen molar-refractivity contribution >= 4 is 10.0 Å². The zero-order chi connectivity index (χ0) is 14.3. The zero-order valence-corrected chi connectivity index (χ0v) is 12.2. The molecule has 1 aromatic rings. The second-order valence-corrected chi connectivity index (χ2v) is 7.14. The predicted octanol–water partition coefficient (Wildman–Crippen LogP) is -0.927. The summed E-state index contributed by atoms with van der Waals surface area (Å²) < 4.78 is 27.5. The highest BCUT2D eigenvalue weighted by Gasteiger charge is 2.36. The first-order valence-corrected chi connectivity index (χ1v) is 7.58. The van der Waals surface area contributed by atoms with E-state index in [1.165, 1.54) is 17.5 Å². The van der Waals surface area contributed by atoms with Gasteiger partial charge in [-0.25, -0.2) is 13.4 Å². The smallest absolute Gasteiger partial charge is 0.261 e. The zero-order valence-electron chi connectivity index (χ0n) is 11.4. The number of rotatable bonds is 4. The van der Waals surface area contributed by atoms with Crippen LogP contribution < -0.4 is 5.32 Å². The van der Waals surface area contributed by atoms with Gasteiger partial charge in [0.15, 0.2) is 5.03 Å². The molecular weight excluding hydrogens is 268 g/mol. The summed E-state index contributed by atoms with van der Waals surface area (Å²) in [5, 5.41) is 13.3. The van der Waals surface area contributed by atoms with Gasteiger partial charge in [0.1, 0.15) is 5.82 Å². The van der Waals surface area contributed by atoms with E-state index in [9.17, 15) is 13.5 Å². The Morgan fingerprint density at radius 1 is 1.63 bits per heavy atom. The summed E-state index contributed by atoms with van der Waals surface area (Å²) in [7, 11) is -0.439. The molecule has 1 saturated heterocycles. The van der Waals surface area contributed by atoms with Crippen LogP contribution in [0.25, 0.3) is 0 Å². The number of hydrogen-bond acceptors (Lipinski definition) is 5. The van der Waals surface area contributed by atoms with Crippen molar-refractivity contribution < 1.29 is 13.5 Å². The quantitative estimate of drug-likeness (QED) is 0.748. The largest absolute Gasteiger partial charge is 0.387 e. The minimum Gasteiger partial charge on any atom is -0.387 e. The highest BCUT2D eigenvalue weighted by atomic mass is 32.2. The monoisotopic (exact) mass is 288 g/mol. The Kier molecular flexibility index (Phi) is 3.69. The number of nitrogens with one attached hydrogen (secondary N) is 1. The maximum absolute atomic E-state index is 12.3. The Labute approximate surface area is 113 Å². The van der Waals surface area contributed by atoms with E-state index in [1.807, 2.05) is 0 Å². The molecule has 2 heterocycles. The number of aromatic nitrogens is 2. The lowest BCUT2D eigenvalue weighted by atomic mass is 10.0. The molecule has 0 radical (unpaired) electrons. The van der Waals surface area contributed by atoms with Gasteiger partial charge in [0.2, 0.25) is 0 Å². The van der Waals surface area contributed by atoms with E-state index in [2.05, 4.69) is 10.3 Å². The van der Waals surface area contributed by atoms with Gasteiger partial charge in [-0.2, -0.15) is 4.31 Å². The summed E-state index contributed by atoms with van der Waals surface area (Å²) in [5.74, 6) is 0.633. The average molecular weight is 288 g/mol. The summed E-state index contributed by atoms with van der Waals surface area (Å²) in [5.41, 5.74) is -0.994. The third kappa shape index (κ3) is 2.81. The molecule has 108 valence electrons. The predicted molar refractivity (Wildman–Crippen MR) is 70.2 cm³/mol. The molecule has 2 rings (SSSR count). The Bertz CT molecular complexity index is 541. The Morgan fingerprint density at radius 2 is 2.32 bits per heavy atom. The van der Waals surface area contributed by atoms with Crippen molar-refractivity contribution in [2.75, 3.05) is 26.7 Å². The first kappa shape index (κ1) is 14.4. The SMILES string of the molecule is Cc1nc(S(=O)(=O)N(C)CC2(O)CCNC2)cn1C. The second-order valence-electron chi connectivity index (χ2n) is 5.15.